The van der Waals surface area contributed by atoms with Crippen LogP contribution < -0.4 is 0 Å². The Morgan fingerprint density at radius 2 is 1.71 bits per heavy atom. The quantitative estimate of drug-likeness (QED) is 0.294. The zero-order chi connectivity index (χ0) is 26.8. The fourth-order valence-electron chi connectivity index (χ4n) is 4.77. The van der Waals surface area contributed by atoms with Gasteiger partial charge in [-0.2, -0.15) is 18.3 Å². The van der Waals surface area contributed by atoms with Crippen molar-refractivity contribution in [2.75, 3.05) is 6.61 Å². The molecular formula is C26H23F5N6O. The van der Waals surface area contributed by atoms with E-state index in [1.54, 1.807) is 20.0 Å². The van der Waals surface area contributed by atoms with E-state index in [0.717, 1.165) is 18.4 Å². The Morgan fingerprint density at radius 1 is 0.947 bits per heavy atom. The predicted octanol–water partition coefficient (Wildman–Crippen LogP) is 6.17. The molecule has 1 saturated carbocycles. The molecule has 4 heterocycles. The first kappa shape index (κ1) is 24.8. The molecule has 0 radical (unpaired) electrons. The maximum absolute atomic E-state index is 15.1. The number of fused-ring (bicyclic) bond motifs is 1. The molecule has 4 aromatic rings. The van der Waals surface area contributed by atoms with Crippen molar-refractivity contribution in [1.29, 1.82) is 0 Å². The molecule has 6 rings (SSSR count). The van der Waals surface area contributed by atoms with Gasteiger partial charge in [-0.1, -0.05) is 0 Å². The number of halogens is 5. The highest BCUT2D eigenvalue weighted by atomic mass is 19.4. The lowest BCUT2D eigenvalue weighted by molar-refractivity contribution is -0.140. The van der Waals surface area contributed by atoms with Gasteiger partial charge < -0.3 is 4.74 Å². The minimum atomic E-state index is -5.04. The molecule has 7 nitrogen and oxygen atoms in total. The molecule has 198 valence electrons. The van der Waals surface area contributed by atoms with Gasteiger partial charge >= 0.3 is 6.18 Å². The molecule has 12 heteroatoms. The van der Waals surface area contributed by atoms with Gasteiger partial charge in [-0.25, -0.2) is 28.7 Å². The zero-order valence-corrected chi connectivity index (χ0v) is 20.6. The van der Waals surface area contributed by atoms with Crippen LogP contribution in [0.5, 0.6) is 0 Å². The summed E-state index contributed by atoms with van der Waals surface area (Å²) in [5, 5.41) is 4.44. The van der Waals surface area contributed by atoms with E-state index in [-0.39, 0.29) is 34.9 Å². The van der Waals surface area contributed by atoms with Crippen molar-refractivity contribution >= 4 is 11.2 Å². The smallest absolute Gasteiger partial charge is 0.373 e. The van der Waals surface area contributed by atoms with Gasteiger partial charge in [0.1, 0.15) is 28.7 Å². The number of aromatic nitrogens is 6. The second-order valence-corrected chi connectivity index (χ2v) is 9.87. The third-order valence-electron chi connectivity index (χ3n) is 7.14. The SMILES string of the molecule is Cc1nc2nc(C3CCOC(c4cnn(C5CC5)c4)C3)nc(-c3cc(F)c(C(F)(F)F)cc3F)c2nc1C. The molecule has 0 N–H and O–H groups in total. The Labute approximate surface area is 214 Å². The number of rotatable bonds is 4. The summed E-state index contributed by atoms with van der Waals surface area (Å²) in [7, 11) is 0. The van der Waals surface area contributed by atoms with Crippen LogP contribution >= 0.6 is 0 Å². The zero-order valence-electron chi connectivity index (χ0n) is 20.6. The van der Waals surface area contributed by atoms with Gasteiger partial charge in [-0.15, -0.1) is 0 Å². The van der Waals surface area contributed by atoms with Gasteiger partial charge in [0.25, 0.3) is 0 Å². The first-order valence-electron chi connectivity index (χ1n) is 12.3. The highest BCUT2D eigenvalue weighted by Gasteiger charge is 2.36. The van der Waals surface area contributed by atoms with Crippen LogP contribution in [0.15, 0.2) is 24.5 Å². The van der Waals surface area contributed by atoms with E-state index in [4.69, 9.17) is 4.74 Å². The van der Waals surface area contributed by atoms with Gasteiger partial charge in [0.2, 0.25) is 0 Å². The summed E-state index contributed by atoms with van der Waals surface area (Å²) in [4.78, 5) is 18.1. The number of ether oxygens (including phenoxy) is 1. The molecule has 38 heavy (non-hydrogen) atoms. The molecule has 1 aliphatic carbocycles. The summed E-state index contributed by atoms with van der Waals surface area (Å²) >= 11 is 0. The van der Waals surface area contributed by atoms with E-state index in [1.807, 2.05) is 10.9 Å². The summed E-state index contributed by atoms with van der Waals surface area (Å²) in [5.74, 6) is -2.75. The third kappa shape index (κ3) is 4.50. The number of benzene rings is 1. The monoisotopic (exact) mass is 530 g/mol. The topological polar surface area (TPSA) is 78.6 Å². The van der Waals surface area contributed by atoms with Crippen molar-refractivity contribution < 1.29 is 26.7 Å². The van der Waals surface area contributed by atoms with E-state index in [2.05, 4.69) is 25.0 Å². The first-order chi connectivity index (χ1) is 18.1. The molecular weight excluding hydrogens is 507 g/mol. The summed E-state index contributed by atoms with van der Waals surface area (Å²) in [6, 6.07) is 1.09. The fraction of sp³-hybridized carbons (Fsp3) is 0.423. The van der Waals surface area contributed by atoms with Crippen molar-refractivity contribution in [3.05, 3.63) is 64.5 Å². The van der Waals surface area contributed by atoms with Crippen molar-refractivity contribution in [3.63, 3.8) is 0 Å². The van der Waals surface area contributed by atoms with Crippen LogP contribution in [0.25, 0.3) is 22.4 Å². The lowest BCUT2D eigenvalue weighted by Gasteiger charge is -2.28. The summed E-state index contributed by atoms with van der Waals surface area (Å²) in [6.07, 6.45) is 1.76. The molecule has 2 aliphatic rings. The molecule has 3 aromatic heterocycles. The van der Waals surface area contributed by atoms with Crippen LogP contribution in [0, 0.1) is 25.5 Å². The van der Waals surface area contributed by atoms with Crippen molar-refractivity contribution in [2.45, 2.75) is 63.8 Å². The van der Waals surface area contributed by atoms with Crippen molar-refractivity contribution in [3.8, 4) is 11.3 Å². The van der Waals surface area contributed by atoms with Gasteiger partial charge in [0.15, 0.2) is 5.65 Å². The number of hydrogen-bond acceptors (Lipinski definition) is 6. The number of hydrogen-bond donors (Lipinski definition) is 0. The molecule has 2 unspecified atom stereocenters. The van der Waals surface area contributed by atoms with E-state index >= 15 is 4.39 Å². The van der Waals surface area contributed by atoms with Crippen molar-refractivity contribution in [2.24, 2.45) is 0 Å². The van der Waals surface area contributed by atoms with Gasteiger partial charge in [0.05, 0.1) is 35.3 Å². The van der Waals surface area contributed by atoms with E-state index in [0.29, 0.717) is 48.8 Å². The van der Waals surface area contributed by atoms with Crippen LogP contribution in [0.2, 0.25) is 0 Å². The summed E-state index contributed by atoms with van der Waals surface area (Å²) in [5.41, 5.74) is 0.0679. The number of nitrogens with zero attached hydrogens (tertiary/aromatic N) is 6. The Hall–Kier alpha value is -3.54. The van der Waals surface area contributed by atoms with E-state index in [1.165, 1.54) is 0 Å². The average Bonchev–Trinajstić information content (AvgIpc) is 3.61. The molecule has 0 bridgehead atoms. The van der Waals surface area contributed by atoms with E-state index < -0.39 is 28.9 Å². The summed E-state index contributed by atoms with van der Waals surface area (Å²) in [6.45, 7) is 3.85. The van der Waals surface area contributed by atoms with Crippen LogP contribution in [-0.2, 0) is 10.9 Å². The molecule has 1 saturated heterocycles. The normalized spacial score (nSPS) is 20.3. The Morgan fingerprint density at radius 3 is 2.45 bits per heavy atom. The lowest BCUT2D eigenvalue weighted by Crippen LogP contribution is -2.20. The Bertz CT molecular complexity index is 1550. The predicted molar refractivity (Wildman–Crippen MR) is 126 cm³/mol. The van der Waals surface area contributed by atoms with Gasteiger partial charge in [0, 0.05) is 29.8 Å². The lowest BCUT2D eigenvalue weighted by atomic mass is 9.92. The number of aryl methyl sites for hydroxylation is 2. The van der Waals surface area contributed by atoms with Crippen molar-refractivity contribution in [1.82, 2.24) is 29.7 Å². The first-order valence-corrected chi connectivity index (χ1v) is 12.3. The molecule has 1 aromatic carbocycles. The fourth-order valence-corrected chi connectivity index (χ4v) is 4.77. The maximum atomic E-state index is 15.1. The van der Waals surface area contributed by atoms with Gasteiger partial charge in [-0.05, 0) is 51.7 Å². The average molecular weight is 531 g/mol. The standard InChI is InChI=1S/C26H23F5N6O/c1-12-13(2)34-25-23(33-12)22(17-8-20(28)18(9-19(17)27)26(29,30)31)35-24(36-25)14-5-6-38-21(7-14)15-10-32-37(11-15)16-3-4-16/h8-11,14,16,21H,3-7H2,1-2H3. The second-order valence-electron chi connectivity index (χ2n) is 9.87. The minimum absolute atomic E-state index is 0.0872. The van der Waals surface area contributed by atoms with E-state index in [9.17, 15) is 17.6 Å². The van der Waals surface area contributed by atoms with Crippen LogP contribution in [0.3, 0.4) is 0 Å². The Kier molecular flexibility index (Phi) is 5.89. The second kappa shape index (κ2) is 9.04. The molecule has 1 aliphatic heterocycles. The van der Waals surface area contributed by atoms with Crippen LogP contribution in [-0.4, -0.2) is 36.3 Å². The third-order valence-corrected chi connectivity index (χ3v) is 7.14. The number of alkyl halides is 3. The maximum Gasteiger partial charge on any atom is 0.419 e. The largest absolute Gasteiger partial charge is 0.419 e. The summed E-state index contributed by atoms with van der Waals surface area (Å²) < 4.78 is 77.1. The molecule has 0 amide bonds. The highest BCUT2D eigenvalue weighted by Crippen LogP contribution is 2.41. The highest BCUT2D eigenvalue weighted by molar-refractivity contribution is 5.87. The van der Waals surface area contributed by atoms with Crippen LogP contribution in [0.1, 0.15) is 72.1 Å². The van der Waals surface area contributed by atoms with Crippen LogP contribution in [0.4, 0.5) is 22.0 Å². The minimum Gasteiger partial charge on any atom is -0.373 e. The molecule has 2 atom stereocenters. The molecule has 2 fully saturated rings. The molecule has 0 spiro atoms. The Balaban J connectivity index is 1.43. The van der Waals surface area contributed by atoms with Gasteiger partial charge in [-0.3, -0.25) is 4.68 Å².